The molecule has 3 rings (SSSR count). The molecule has 6 heteroatoms. The maximum absolute atomic E-state index is 11.7. The average molecular weight is 261 g/mol. The number of piperazine rings is 1. The van der Waals surface area contributed by atoms with E-state index in [4.69, 9.17) is 0 Å². The summed E-state index contributed by atoms with van der Waals surface area (Å²) in [6, 6.07) is 0. The smallest absolute Gasteiger partial charge is 0.228 e. The second-order valence-corrected chi connectivity index (χ2v) is 5.41. The Morgan fingerprint density at radius 3 is 2.74 bits per heavy atom. The first-order valence-electron chi connectivity index (χ1n) is 6.73. The SMILES string of the molecule is CC1Cc2c(ncnc2N2CCN(C)CC2)NC1=O. The van der Waals surface area contributed by atoms with Crippen LogP contribution in [0.4, 0.5) is 11.6 Å². The number of hydrogen-bond acceptors (Lipinski definition) is 5. The molecule has 1 aromatic heterocycles. The maximum Gasteiger partial charge on any atom is 0.228 e. The highest BCUT2D eigenvalue weighted by molar-refractivity contribution is 5.95. The molecule has 2 aliphatic rings. The summed E-state index contributed by atoms with van der Waals surface area (Å²) in [5, 5.41) is 2.87. The lowest BCUT2D eigenvalue weighted by Gasteiger charge is -2.35. The number of amides is 1. The first kappa shape index (κ1) is 12.3. The van der Waals surface area contributed by atoms with Crippen LogP contribution in [-0.2, 0) is 11.2 Å². The molecule has 6 nitrogen and oxygen atoms in total. The number of nitrogens with one attached hydrogen (secondary N) is 1. The summed E-state index contributed by atoms with van der Waals surface area (Å²) in [6.07, 6.45) is 2.27. The molecule has 0 aliphatic carbocycles. The third-order valence-electron chi connectivity index (χ3n) is 3.92. The minimum Gasteiger partial charge on any atom is -0.354 e. The van der Waals surface area contributed by atoms with Crippen LogP contribution in [0.25, 0.3) is 0 Å². The Hall–Kier alpha value is -1.69. The molecule has 0 saturated carbocycles. The number of anilines is 2. The van der Waals surface area contributed by atoms with Gasteiger partial charge in [-0.2, -0.15) is 0 Å². The molecule has 102 valence electrons. The zero-order valence-electron chi connectivity index (χ0n) is 11.4. The molecule has 1 fully saturated rings. The highest BCUT2D eigenvalue weighted by atomic mass is 16.2. The summed E-state index contributed by atoms with van der Waals surface area (Å²) in [4.78, 5) is 24.9. The first-order valence-corrected chi connectivity index (χ1v) is 6.73. The number of aromatic nitrogens is 2. The molecule has 1 unspecified atom stereocenters. The molecular weight excluding hydrogens is 242 g/mol. The van der Waals surface area contributed by atoms with Crippen LogP contribution >= 0.6 is 0 Å². The molecule has 1 aromatic rings. The third-order valence-corrected chi connectivity index (χ3v) is 3.92. The molecule has 0 spiro atoms. The standard InChI is InChI=1S/C13H19N5O/c1-9-7-10-11(16-13(9)19)14-8-15-12(10)18-5-3-17(2)4-6-18/h8-9H,3-7H2,1-2H3,(H,14,15,16,19). The predicted octanol–water partition coefficient (Wildman–Crippen LogP) is 0.359. The fraction of sp³-hybridized carbons (Fsp3) is 0.615. The number of carbonyl (C=O) groups excluding carboxylic acids is 1. The molecule has 0 bridgehead atoms. The van der Waals surface area contributed by atoms with Gasteiger partial charge >= 0.3 is 0 Å². The van der Waals surface area contributed by atoms with Crippen molar-refractivity contribution in [1.82, 2.24) is 14.9 Å². The Morgan fingerprint density at radius 2 is 2.00 bits per heavy atom. The van der Waals surface area contributed by atoms with E-state index < -0.39 is 0 Å². The largest absolute Gasteiger partial charge is 0.354 e. The van der Waals surface area contributed by atoms with Gasteiger partial charge in [-0.3, -0.25) is 4.79 Å². The van der Waals surface area contributed by atoms with Gasteiger partial charge in [-0.15, -0.1) is 0 Å². The van der Waals surface area contributed by atoms with Crippen LogP contribution in [0.2, 0.25) is 0 Å². The van der Waals surface area contributed by atoms with E-state index in [2.05, 4.69) is 32.1 Å². The van der Waals surface area contributed by atoms with Crippen molar-refractivity contribution in [1.29, 1.82) is 0 Å². The van der Waals surface area contributed by atoms with Crippen molar-refractivity contribution < 1.29 is 4.79 Å². The van der Waals surface area contributed by atoms with Gasteiger partial charge in [0.25, 0.3) is 0 Å². The lowest BCUT2D eigenvalue weighted by Crippen LogP contribution is -2.45. The van der Waals surface area contributed by atoms with Crippen LogP contribution in [-0.4, -0.2) is 54.0 Å². The Bertz CT molecular complexity index is 496. The minimum atomic E-state index is -0.00952. The molecule has 1 atom stereocenters. The first-order chi connectivity index (χ1) is 9.15. The molecular formula is C13H19N5O. The van der Waals surface area contributed by atoms with Crippen molar-refractivity contribution >= 4 is 17.5 Å². The van der Waals surface area contributed by atoms with E-state index in [1.54, 1.807) is 6.33 Å². The average Bonchev–Trinajstić information content (AvgIpc) is 2.41. The quantitative estimate of drug-likeness (QED) is 0.791. The Labute approximate surface area is 112 Å². The topological polar surface area (TPSA) is 61.4 Å². The fourth-order valence-electron chi connectivity index (χ4n) is 2.63. The molecule has 19 heavy (non-hydrogen) atoms. The number of carbonyl (C=O) groups is 1. The van der Waals surface area contributed by atoms with E-state index in [1.807, 2.05) is 6.92 Å². The van der Waals surface area contributed by atoms with E-state index in [9.17, 15) is 4.79 Å². The number of likely N-dealkylation sites (N-methyl/N-ethyl adjacent to an activating group) is 1. The highest BCUT2D eigenvalue weighted by Gasteiger charge is 2.28. The second-order valence-electron chi connectivity index (χ2n) is 5.41. The lowest BCUT2D eigenvalue weighted by atomic mass is 9.97. The van der Waals surface area contributed by atoms with E-state index in [-0.39, 0.29) is 11.8 Å². The normalized spacial score (nSPS) is 24.0. The predicted molar refractivity (Wildman–Crippen MR) is 73.2 cm³/mol. The Morgan fingerprint density at radius 1 is 1.26 bits per heavy atom. The van der Waals surface area contributed by atoms with Crippen LogP contribution in [0.1, 0.15) is 12.5 Å². The summed E-state index contributed by atoms with van der Waals surface area (Å²) in [5.41, 5.74) is 1.08. The van der Waals surface area contributed by atoms with Gasteiger partial charge in [0.2, 0.25) is 5.91 Å². The van der Waals surface area contributed by atoms with E-state index >= 15 is 0 Å². The molecule has 0 radical (unpaired) electrons. The van der Waals surface area contributed by atoms with Gasteiger partial charge in [0.1, 0.15) is 18.0 Å². The summed E-state index contributed by atoms with van der Waals surface area (Å²) >= 11 is 0. The molecule has 2 aliphatic heterocycles. The van der Waals surface area contributed by atoms with Gasteiger partial charge in [-0.25, -0.2) is 9.97 Å². The molecule has 3 heterocycles. The zero-order chi connectivity index (χ0) is 13.4. The number of hydrogen-bond donors (Lipinski definition) is 1. The molecule has 1 N–H and O–H groups in total. The van der Waals surface area contributed by atoms with Gasteiger partial charge in [0.05, 0.1) is 0 Å². The number of fused-ring (bicyclic) bond motifs is 1. The maximum atomic E-state index is 11.7. The van der Waals surface area contributed by atoms with Crippen LogP contribution in [0.3, 0.4) is 0 Å². The monoisotopic (exact) mass is 261 g/mol. The zero-order valence-corrected chi connectivity index (χ0v) is 11.4. The van der Waals surface area contributed by atoms with E-state index in [1.165, 1.54) is 0 Å². The Kier molecular flexibility index (Phi) is 3.10. The van der Waals surface area contributed by atoms with Crippen molar-refractivity contribution in [3.05, 3.63) is 11.9 Å². The van der Waals surface area contributed by atoms with Gasteiger partial charge in [-0.05, 0) is 13.5 Å². The lowest BCUT2D eigenvalue weighted by molar-refractivity contribution is -0.119. The summed E-state index contributed by atoms with van der Waals surface area (Å²) < 4.78 is 0. The highest BCUT2D eigenvalue weighted by Crippen LogP contribution is 2.30. The fourth-order valence-corrected chi connectivity index (χ4v) is 2.63. The van der Waals surface area contributed by atoms with E-state index in [0.29, 0.717) is 5.82 Å². The van der Waals surface area contributed by atoms with Gasteiger partial charge in [-0.1, -0.05) is 6.92 Å². The van der Waals surface area contributed by atoms with Gasteiger partial charge in [0, 0.05) is 37.7 Å². The molecule has 0 aromatic carbocycles. The van der Waals surface area contributed by atoms with E-state index in [0.717, 1.165) is 44.0 Å². The summed E-state index contributed by atoms with van der Waals surface area (Å²) in [7, 11) is 2.13. The summed E-state index contributed by atoms with van der Waals surface area (Å²) in [5.74, 6) is 1.72. The van der Waals surface area contributed by atoms with Crippen molar-refractivity contribution in [3.8, 4) is 0 Å². The van der Waals surface area contributed by atoms with Crippen molar-refractivity contribution in [2.24, 2.45) is 5.92 Å². The Balaban J connectivity index is 1.91. The van der Waals surface area contributed by atoms with Crippen LogP contribution in [0.15, 0.2) is 6.33 Å². The molecule has 1 saturated heterocycles. The van der Waals surface area contributed by atoms with Crippen molar-refractivity contribution in [2.45, 2.75) is 13.3 Å². The third kappa shape index (κ3) is 2.28. The minimum absolute atomic E-state index is 0.00952. The summed E-state index contributed by atoms with van der Waals surface area (Å²) in [6.45, 7) is 5.98. The van der Waals surface area contributed by atoms with Crippen molar-refractivity contribution in [2.75, 3.05) is 43.4 Å². The number of rotatable bonds is 1. The number of nitrogens with zero attached hydrogens (tertiary/aromatic N) is 4. The van der Waals surface area contributed by atoms with Crippen molar-refractivity contribution in [3.63, 3.8) is 0 Å². The molecule has 1 amide bonds. The second kappa shape index (κ2) is 4.77. The van der Waals surface area contributed by atoms with Gasteiger partial charge < -0.3 is 15.1 Å². The van der Waals surface area contributed by atoms with Crippen LogP contribution < -0.4 is 10.2 Å². The van der Waals surface area contributed by atoms with Crippen LogP contribution in [0.5, 0.6) is 0 Å². The van der Waals surface area contributed by atoms with Crippen LogP contribution in [0, 0.1) is 5.92 Å². The van der Waals surface area contributed by atoms with Gasteiger partial charge in [0.15, 0.2) is 0 Å².